The zero-order chi connectivity index (χ0) is 17.2. The fourth-order valence-corrected chi connectivity index (χ4v) is 2.41. The number of aromatic nitrogens is 2. The van der Waals surface area contributed by atoms with Gasteiger partial charge < -0.3 is 0 Å². The molecule has 1 aromatic carbocycles. The van der Waals surface area contributed by atoms with Gasteiger partial charge in [-0.3, -0.25) is 9.67 Å². The summed E-state index contributed by atoms with van der Waals surface area (Å²) >= 11 is 0. The third kappa shape index (κ3) is 3.70. The van der Waals surface area contributed by atoms with Crippen molar-refractivity contribution in [3.63, 3.8) is 0 Å². The van der Waals surface area contributed by atoms with Crippen LogP contribution in [0, 0.1) is 6.92 Å². The molecular weight excluding hydrogens is 303 g/mol. The number of hydrogen-bond donors (Lipinski definition) is 0. The molecule has 0 unspecified atom stereocenters. The highest BCUT2D eigenvalue weighted by atomic mass is 19.4. The number of aliphatic imine (C=N–C) groups is 1. The maximum absolute atomic E-state index is 12.8. The Labute approximate surface area is 132 Å². The standard InChI is InChI=1S/C17H18F3N3/c1-11-5-6-14(13(9-11)7-8-21-3)12(2)15-10-16(17(18,19)20)22-23(15)4/h5-10H,1-4H3/b13-7-,14-12+,21-8+. The summed E-state index contributed by atoms with van der Waals surface area (Å²) in [5.41, 5.74) is 1.34. The number of halogens is 3. The molecule has 0 spiro atoms. The van der Waals surface area contributed by atoms with Crippen molar-refractivity contribution in [1.82, 2.24) is 9.78 Å². The number of nitrogens with zero attached hydrogens (tertiary/aromatic N) is 3. The Balaban J connectivity index is 2.75. The Bertz CT molecular complexity index is 858. The Morgan fingerprint density at radius 2 is 1.96 bits per heavy atom. The largest absolute Gasteiger partial charge is 0.435 e. The van der Waals surface area contributed by atoms with Crippen LogP contribution in [0.1, 0.15) is 23.9 Å². The molecule has 0 saturated carbocycles. The minimum absolute atomic E-state index is 0.435. The molecule has 2 rings (SSSR count). The van der Waals surface area contributed by atoms with E-state index in [4.69, 9.17) is 0 Å². The summed E-state index contributed by atoms with van der Waals surface area (Å²) < 4.78 is 39.8. The predicted octanol–water partition coefficient (Wildman–Crippen LogP) is 2.45. The van der Waals surface area contributed by atoms with Gasteiger partial charge in [0.1, 0.15) is 0 Å². The fraction of sp³-hybridized carbons (Fsp3) is 0.294. The molecule has 0 N–H and O–H groups in total. The minimum atomic E-state index is -4.45. The lowest BCUT2D eigenvalue weighted by Gasteiger charge is -2.03. The molecule has 0 aliphatic carbocycles. The molecule has 0 bridgehead atoms. The van der Waals surface area contributed by atoms with Crippen molar-refractivity contribution < 1.29 is 13.2 Å². The van der Waals surface area contributed by atoms with E-state index in [0.29, 0.717) is 5.69 Å². The average molecular weight is 321 g/mol. The smallest absolute Gasteiger partial charge is 0.296 e. The van der Waals surface area contributed by atoms with Crippen LogP contribution in [0.3, 0.4) is 0 Å². The van der Waals surface area contributed by atoms with Gasteiger partial charge in [-0.2, -0.15) is 18.3 Å². The first-order valence-corrected chi connectivity index (χ1v) is 7.05. The van der Waals surface area contributed by atoms with Gasteiger partial charge in [0.15, 0.2) is 5.69 Å². The van der Waals surface area contributed by atoms with Gasteiger partial charge in [-0.05, 0) is 42.0 Å². The van der Waals surface area contributed by atoms with Gasteiger partial charge in [0.05, 0.1) is 5.69 Å². The number of alkyl halides is 3. The third-order valence-corrected chi connectivity index (χ3v) is 3.57. The van der Waals surface area contributed by atoms with Crippen molar-refractivity contribution in [3.05, 3.63) is 51.7 Å². The molecule has 0 amide bonds. The number of rotatable bonds is 2. The first-order valence-electron chi connectivity index (χ1n) is 7.05. The summed E-state index contributed by atoms with van der Waals surface area (Å²) in [7, 11) is 3.18. The first-order chi connectivity index (χ1) is 10.7. The Morgan fingerprint density at radius 1 is 1.26 bits per heavy atom. The third-order valence-electron chi connectivity index (χ3n) is 3.57. The van der Waals surface area contributed by atoms with Gasteiger partial charge in [0.25, 0.3) is 0 Å². The lowest BCUT2D eigenvalue weighted by Crippen LogP contribution is -2.27. The highest BCUT2D eigenvalue weighted by molar-refractivity contribution is 5.90. The van der Waals surface area contributed by atoms with Crippen molar-refractivity contribution in [2.24, 2.45) is 12.0 Å². The lowest BCUT2D eigenvalue weighted by molar-refractivity contribution is -0.141. The van der Waals surface area contributed by atoms with Gasteiger partial charge in [0, 0.05) is 20.3 Å². The van der Waals surface area contributed by atoms with Crippen LogP contribution in [-0.4, -0.2) is 23.0 Å². The Hall–Kier alpha value is -2.37. The second-order valence-corrected chi connectivity index (χ2v) is 5.33. The lowest BCUT2D eigenvalue weighted by atomic mass is 10.1. The van der Waals surface area contributed by atoms with E-state index in [1.807, 2.05) is 31.2 Å². The predicted molar refractivity (Wildman–Crippen MR) is 85.7 cm³/mol. The maximum atomic E-state index is 12.8. The van der Waals surface area contributed by atoms with Crippen molar-refractivity contribution in [3.8, 4) is 0 Å². The number of benzene rings is 1. The van der Waals surface area contributed by atoms with Gasteiger partial charge in [-0.25, -0.2) is 0 Å². The van der Waals surface area contributed by atoms with E-state index in [1.165, 1.54) is 11.7 Å². The molecule has 0 radical (unpaired) electrons. The highest BCUT2D eigenvalue weighted by Gasteiger charge is 2.34. The van der Waals surface area contributed by atoms with Crippen molar-refractivity contribution in [1.29, 1.82) is 0 Å². The molecule has 23 heavy (non-hydrogen) atoms. The normalized spacial score (nSPS) is 14.7. The minimum Gasteiger partial charge on any atom is -0.296 e. The van der Waals surface area contributed by atoms with Crippen LogP contribution in [-0.2, 0) is 13.2 Å². The van der Waals surface area contributed by atoms with E-state index >= 15 is 0 Å². The molecule has 1 heterocycles. The fourth-order valence-electron chi connectivity index (χ4n) is 2.41. The molecule has 0 fully saturated rings. The van der Waals surface area contributed by atoms with Crippen LogP contribution in [0.5, 0.6) is 0 Å². The zero-order valence-electron chi connectivity index (χ0n) is 13.4. The maximum Gasteiger partial charge on any atom is 0.435 e. The average Bonchev–Trinajstić information content (AvgIpc) is 2.86. The summed E-state index contributed by atoms with van der Waals surface area (Å²) in [4.78, 5) is 3.93. The molecule has 2 aromatic rings. The summed E-state index contributed by atoms with van der Waals surface area (Å²) in [6.07, 6.45) is -0.948. The van der Waals surface area contributed by atoms with E-state index in [9.17, 15) is 13.2 Å². The molecule has 0 aliphatic heterocycles. The van der Waals surface area contributed by atoms with Gasteiger partial charge in [0.2, 0.25) is 0 Å². The molecule has 0 aliphatic rings. The molecular formula is C17H18F3N3. The van der Waals surface area contributed by atoms with E-state index in [-0.39, 0.29) is 0 Å². The molecule has 1 aromatic heterocycles. The second-order valence-electron chi connectivity index (χ2n) is 5.33. The van der Waals surface area contributed by atoms with Gasteiger partial charge in [-0.1, -0.05) is 23.8 Å². The number of hydrogen-bond acceptors (Lipinski definition) is 2. The molecule has 122 valence electrons. The van der Waals surface area contributed by atoms with Crippen molar-refractivity contribution in [2.75, 3.05) is 7.05 Å². The molecule has 0 atom stereocenters. The summed E-state index contributed by atoms with van der Waals surface area (Å²) in [5, 5.41) is 5.33. The van der Waals surface area contributed by atoms with E-state index in [0.717, 1.165) is 27.6 Å². The first kappa shape index (κ1) is 17.0. The second kappa shape index (κ2) is 6.40. The monoisotopic (exact) mass is 321 g/mol. The Kier molecular flexibility index (Phi) is 4.73. The van der Waals surface area contributed by atoms with Crippen LogP contribution in [0.25, 0.3) is 11.6 Å². The molecule has 0 saturated heterocycles. The van der Waals surface area contributed by atoms with Crippen LogP contribution in [0.2, 0.25) is 0 Å². The topological polar surface area (TPSA) is 30.2 Å². The molecule has 3 nitrogen and oxygen atoms in total. The van der Waals surface area contributed by atoms with Gasteiger partial charge >= 0.3 is 6.18 Å². The zero-order valence-corrected chi connectivity index (χ0v) is 13.4. The van der Waals surface area contributed by atoms with Crippen molar-refractivity contribution >= 4 is 17.9 Å². The molecule has 6 heteroatoms. The summed E-state index contributed by atoms with van der Waals surface area (Å²) in [5.74, 6) is 0. The van der Waals surface area contributed by atoms with E-state index in [1.54, 1.807) is 20.2 Å². The van der Waals surface area contributed by atoms with Crippen LogP contribution >= 0.6 is 0 Å². The number of aryl methyl sites for hydroxylation is 2. The highest BCUT2D eigenvalue weighted by Crippen LogP contribution is 2.29. The van der Waals surface area contributed by atoms with E-state index < -0.39 is 11.9 Å². The SMILES string of the molecule is C/N=C/C=c1/cc(C)cc/c1=C(/C)c1cc(C(F)(F)F)nn1C. The van der Waals surface area contributed by atoms with Crippen LogP contribution in [0.4, 0.5) is 13.2 Å². The van der Waals surface area contributed by atoms with Crippen molar-refractivity contribution in [2.45, 2.75) is 20.0 Å². The van der Waals surface area contributed by atoms with E-state index in [2.05, 4.69) is 10.1 Å². The van der Waals surface area contributed by atoms with Gasteiger partial charge in [-0.15, -0.1) is 0 Å². The summed E-state index contributed by atoms with van der Waals surface area (Å²) in [6, 6.07) is 6.88. The Morgan fingerprint density at radius 3 is 2.52 bits per heavy atom. The summed E-state index contributed by atoms with van der Waals surface area (Å²) in [6.45, 7) is 3.76. The van der Waals surface area contributed by atoms with Crippen LogP contribution in [0.15, 0.2) is 29.3 Å². The quantitative estimate of drug-likeness (QED) is 0.782. The van der Waals surface area contributed by atoms with Crippen LogP contribution < -0.4 is 10.4 Å².